The van der Waals surface area contributed by atoms with Crippen molar-refractivity contribution in [3.8, 4) is 23.0 Å². The maximum atomic E-state index is 13.4. The number of carbonyl (C=O) groups excluding carboxylic acids is 2. The summed E-state index contributed by atoms with van der Waals surface area (Å²) in [6.45, 7) is 1.66. The molecule has 1 aliphatic heterocycles. The first-order chi connectivity index (χ1) is 14.9. The van der Waals surface area contributed by atoms with Crippen LogP contribution in [0.1, 0.15) is 18.5 Å². The van der Waals surface area contributed by atoms with Gasteiger partial charge in [-0.25, -0.2) is 4.79 Å². The Hall–Kier alpha value is -3.88. The van der Waals surface area contributed by atoms with Gasteiger partial charge in [0.05, 0.1) is 45.7 Å². The largest absolute Gasteiger partial charge is 0.497 e. The van der Waals surface area contributed by atoms with E-state index < -0.39 is 18.0 Å². The van der Waals surface area contributed by atoms with Gasteiger partial charge in [-0.2, -0.15) is 0 Å². The van der Waals surface area contributed by atoms with Crippen molar-refractivity contribution < 1.29 is 28.5 Å². The molecule has 0 bridgehead atoms. The standard InChI is InChI=1S/C22H25N3O6/c1-12-18(21(26)24-15-11-13(28-2)9-10-16(15)29-3)19(25-22(27)23-12)14-7-6-8-17(30-4)20(14)31-5/h6-11,19H,1-5H3,(H,24,26)(H2,23,25,27)/t19-/m0/s1. The molecule has 2 aromatic rings. The minimum absolute atomic E-state index is 0.316. The van der Waals surface area contributed by atoms with Crippen molar-refractivity contribution >= 4 is 17.6 Å². The van der Waals surface area contributed by atoms with Crippen LogP contribution in [0.25, 0.3) is 0 Å². The molecule has 0 spiro atoms. The number of hydrogen-bond acceptors (Lipinski definition) is 6. The molecule has 31 heavy (non-hydrogen) atoms. The molecule has 9 heteroatoms. The normalized spacial score (nSPS) is 15.5. The highest BCUT2D eigenvalue weighted by molar-refractivity contribution is 6.07. The van der Waals surface area contributed by atoms with Crippen molar-refractivity contribution in [1.29, 1.82) is 0 Å². The van der Waals surface area contributed by atoms with E-state index in [4.69, 9.17) is 18.9 Å². The smallest absolute Gasteiger partial charge is 0.319 e. The third kappa shape index (κ3) is 4.35. The Labute approximate surface area is 180 Å². The molecule has 0 radical (unpaired) electrons. The number of para-hydroxylation sites is 1. The summed E-state index contributed by atoms with van der Waals surface area (Å²) in [5, 5.41) is 8.30. The van der Waals surface area contributed by atoms with Gasteiger partial charge in [0, 0.05) is 17.3 Å². The second-order valence-corrected chi connectivity index (χ2v) is 6.67. The summed E-state index contributed by atoms with van der Waals surface area (Å²) in [5.41, 5.74) is 1.74. The van der Waals surface area contributed by atoms with Gasteiger partial charge in [-0.05, 0) is 25.1 Å². The van der Waals surface area contributed by atoms with Crippen LogP contribution in [0.3, 0.4) is 0 Å². The van der Waals surface area contributed by atoms with E-state index in [9.17, 15) is 9.59 Å². The first-order valence-corrected chi connectivity index (χ1v) is 9.46. The Morgan fingerprint density at radius 3 is 2.35 bits per heavy atom. The van der Waals surface area contributed by atoms with Crippen LogP contribution in [-0.4, -0.2) is 40.4 Å². The lowest BCUT2D eigenvalue weighted by molar-refractivity contribution is -0.113. The Balaban J connectivity index is 2.05. The highest BCUT2D eigenvalue weighted by atomic mass is 16.5. The van der Waals surface area contributed by atoms with Crippen LogP contribution in [0.15, 0.2) is 47.7 Å². The van der Waals surface area contributed by atoms with Gasteiger partial charge < -0.3 is 34.9 Å². The molecule has 0 saturated heterocycles. The number of nitrogens with one attached hydrogen (secondary N) is 3. The first-order valence-electron chi connectivity index (χ1n) is 9.46. The predicted octanol–water partition coefficient (Wildman–Crippen LogP) is 2.99. The van der Waals surface area contributed by atoms with E-state index in [-0.39, 0.29) is 0 Å². The zero-order chi connectivity index (χ0) is 22.5. The molecular weight excluding hydrogens is 402 g/mol. The second kappa shape index (κ2) is 9.29. The van der Waals surface area contributed by atoms with E-state index in [0.29, 0.717) is 45.5 Å². The van der Waals surface area contributed by atoms with Gasteiger partial charge in [-0.3, -0.25) is 4.79 Å². The number of amides is 3. The molecular formula is C22H25N3O6. The highest BCUT2D eigenvalue weighted by Gasteiger charge is 2.34. The number of allylic oxidation sites excluding steroid dienone is 1. The monoisotopic (exact) mass is 427 g/mol. The van der Waals surface area contributed by atoms with Crippen LogP contribution < -0.4 is 34.9 Å². The minimum Gasteiger partial charge on any atom is -0.497 e. The molecule has 3 N–H and O–H groups in total. The number of rotatable bonds is 7. The number of benzene rings is 2. The fraction of sp³-hybridized carbons (Fsp3) is 0.273. The van der Waals surface area contributed by atoms with Crippen molar-refractivity contribution in [2.75, 3.05) is 33.8 Å². The molecule has 1 heterocycles. The fourth-order valence-electron chi connectivity index (χ4n) is 3.47. The summed E-state index contributed by atoms with van der Waals surface area (Å²) in [7, 11) is 6.06. The van der Waals surface area contributed by atoms with Gasteiger partial charge in [0.25, 0.3) is 5.91 Å². The first kappa shape index (κ1) is 21.8. The summed E-state index contributed by atoms with van der Waals surface area (Å²) in [6, 6.07) is 9.15. The number of anilines is 1. The molecule has 1 aliphatic rings. The molecule has 2 aromatic carbocycles. The van der Waals surface area contributed by atoms with E-state index in [1.54, 1.807) is 43.3 Å². The molecule has 9 nitrogen and oxygen atoms in total. The number of urea groups is 1. The Bertz CT molecular complexity index is 1030. The molecule has 0 aliphatic carbocycles. The SMILES string of the molecule is COc1ccc(OC)c(NC(=O)C2=C(C)NC(=O)N[C@H]2c2cccc(OC)c2OC)c1. The van der Waals surface area contributed by atoms with Crippen LogP contribution in [0.5, 0.6) is 23.0 Å². The van der Waals surface area contributed by atoms with Gasteiger partial charge >= 0.3 is 6.03 Å². The third-order valence-electron chi connectivity index (χ3n) is 4.91. The average molecular weight is 427 g/mol. The lowest BCUT2D eigenvalue weighted by Crippen LogP contribution is -2.46. The Morgan fingerprint density at radius 2 is 1.71 bits per heavy atom. The van der Waals surface area contributed by atoms with Crippen LogP contribution in [0.2, 0.25) is 0 Å². The highest BCUT2D eigenvalue weighted by Crippen LogP contribution is 2.39. The molecule has 0 unspecified atom stereocenters. The lowest BCUT2D eigenvalue weighted by atomic mass is 9.93. The van der Waals surface area contributed by atoms with Gasteiger partial charge in [0.2, 0.25) is 0 Å². The fourth-order valence-corrected chi connectivity index (χ4v) is 3.47. The quantitative estimate of drug-likeness (QED) is 0.627. The van der Waals surface area contributed by atoms with Crippen molar-refractivity contribution in [3.63, 3.8) is 0 Å². The number of hydrogen-bond donors (Lipinski definition) is 3. The van der Waals surface area contributed by atoms with E-state index in [2.05, 4.69) is 16.0 Å². The van der Waals surface area contributed by atoms with Crippen molar-refractivity contribution in [3.05, 3.63) is 53.2 Å². The second-order valence-electron chi connectivity index (χ2n) is 6.67. The van der Waals surface area contributed by atoms with Crippen molar-refractivity contribution in [2.24, 2.45) is 0 Å². The van der Waals surface area contributed by atoms with Gasteiger partial charge in [0.15, 0.2) is 11.5 Å². The Morgan fingerprint density at radius 1 is 0.968 bits per heavy atom. The third-order valence-corrected chi connectivity index (χ3v) is 4.91. The van der Waals surface area contributed by atoms with E-state index in [1.807, 2.05) is 0 Å². The van der Waals surface area contributed by atoms with Crippen LogP contribution >= 0.6 is 0 Å². The predicted molar refractivity (Wildman–Crippen MR) is 115 cm³/mol. The number of methoxy groups -OCH3 is 4. The van der Waals surface area contributed by atoms with Crippen LogP contribution in [0, 0.1) is 0 Å². The average Bonchev–Trinajstić information content (AvgIpc) is 2.77. The van der Waals surface area contributed by atoms with Gasteiger partial charge in [-0.1, -0.05) is 12.1 Å². The zero-order valence-electron chi connectivity index (χ0n) is 18.0. The van der Waals surface area contributed by atoms with Crippen LogP contribution in [0.4, 0.5) is 10.5 Å². The molecule has 3 amide bonds. The molecule has 0 fully saturated rings. The minimum atomic E-state index is -0.768. The number of ether oxygens (including phenoxy) is 4. The van der Waals surface area contributed by atoms with E-state index in [1.165, 1.54) is 28.4 Å². The van der Waals surface area contributed by atoms with Crippen LogP contribution in [-0.2, 0) is 4.79 Å². The Kier molecular flexibility index (Phi) is 6.54. The van der Waals surface area contributed by atoms with E-state index in [0.717, 1.165) is 0 Å². The summed E-state index contributed by atoms with van der Waals surface area (Å²) in [4.78, 5) is 25.6. The van der Waals surface area contributed by atoms with Crippen molar-refractivity contribution in [2.45, 2.75) is 13.0 Å². The molecule has 0 aromatic heterocycles. The maximum absolute atomic E-state index is 13.4. The van der Waals surface area contributed by atoms with Gasteiger partial charge in [0.1, 0.15) is 11.5 Å². The zero-order valence-corrected chi connectivity index (χ0v) is 18.0. The topological polar surface area (TPSA) is 107 Å². The molecule has 164 valence electrons. The summed E-state index contributed by atoms with van der Waals surface area (Å²) in [6.07, 6.45) is 0. The van der Waals surface area contributed by atoms with Crippen molar-refractivity contribution in [1.82, 2.24) is 10.6 Å². The molecule has 0 saturated carbocycles. The maximum Gasteiger partial charge on any atom is 0.319 e. The lowest BCUT2D eigenvalue weighted by Gasteiger charge is -2.30. The summed E-state index contributed by atoms with van der Waals surface area (Å²) in [5.74, 6) is 1.51. The van der Waals surface area contributed by atoms with E-state index >= 15 is 0 Å². The summed E-state index contributed by atoms with van der Waals surface area (Å²) < 4.78 is 21.5. The summed E-state index contributed by atoms with van der Waals surface area (Å²) >= 11 is 0. The molecule has 3 rings (SSSR count). The van der Waals surface area contributed by atoms with Gasteiger partial charge in [-0.15, -0.1) is 0 Å². The molecule has 1 atom stereocenters. The number of carbonyl (C=O) groups is 2.